The topological polar surface area (TPSA) is 28.2 Å². The molecule has 2 aliphatic rings. The number of rotatable bonds is 3. The highest BCUT2D eigenvalue weighted by molar-refractivity contribution is 5.38. The summed E-state index contributed by atoms with van der Waals surface area (Å²) in [4.78, 5) is 6.98. The van der Waals surface area contributed by atoms with E-state index in [9.17, 15) is 0 Å². The zero-order valence-corrected chi connectivity index (χ0v) is 10.5. The number of hydrogen-bond donors (Lipinski definition) is 1. The van der Waals surface area contributed by atoms with Gasteiger partial charge in [-0.25, -0.2) is 4.98 Å². The van der Waals surface area contributed by atoms with E-state index in [-0.39, 0.29) is 0 Å². The quantitative estimate of drug-likeness (QED) is 0.867. The summed E-state index contributed by atoms with van der Waals surface area (Å²) in [6.07, 6.45) is 8.60. The van der Waals surface area contributed by atoms with Crippen LogP contribution >= 0.6 is 0 Å². The number of anilines is 1. The molecule has 92 valence electrons. The molecule has 3 nitrogen and oxygen atoms in total. The standard InChI is InChI=1S/C14H21N3/c1-17-9-3-2-4-13(17)11-5-8-14(15-10-11)16-12-6-7-12/h5,8,10,12-13H,2-4,6-7,9H2,1H3,(H,15,16). The summed E-state index contributed by atoms with van der Waals surface area (Å²) < 4.78 is 0. The Morgan fingerprint density at radius 3 is 2.76 bits per heavy atom. The Labute approximate surface area is 103 Å². The monoisotopic (exact) mass is 231 g/mol. The van der Waals surface area contributed by atoms with Crippen molar-refractivity contribution in [3.63, 3.8) is 0 Å². The lowest BCUT2D eigenvalue weighted by Crippen LogP contribution is -2.29. The van der Waals surface area contributed by atoms with E-state index in [0.29, 0.717) is 12.1 Å². The molecule has 0 spiro atoms. The number of likely N-dealkylation sites (tertiary alicyclic amines) is 1. The number of pyridine rings is 1. The average molecular weight is 231 g/mol. The van der Waals surface area contributed by atoms with E-state index in [4.69, 9.17) is 0 Å². The molecule has 2 fully saturated rings. The average Bonchev–Trinajstić information content (AvgIpc) is 3.15. The molecular weight excluding hydrogens is 210 g/mol. The Kier molecular flexibility index (Phi) is 3.02. The van der Waals surface area contributed by atoms with Gasteiger partial charge < -0.3 is 5.32 Å². The smallest absolute Gasteiger partial charge is 0.126 e. The number of nitrogens with zero attached hydrogens (tertiary/aromatic N) is 2. The van der Waals surface area contributed by atoms with Gasteiger partial charge in [0.05, 0.1) is 0 Å². The first-order valence-electron chi connectivity index (χ1n) is 6.75. The van der Waals surface area contributed by atoms with Crippen LogP contribution in [-0.4, -0.2) is 29.5 Å². The number of piperidine rings is 1. The molecule has 1 N–H and O–H groups in total. The van der Waals surface area contributed by atoms with Crippen LogP contribution in [0.5, 0.6) is 0 Å². The van der Waals surface area contributed by atoms with Gasteiger partial charge in [-0.2, -0.15) is 0 Å². The van der Waals surface area contributed by atoms with E-state index >= 15 is 0 Å². The fourth-order valence-electron chi connectivity index (χ4n) is 2.62. The third kappa shape index (κ3) is 2.60. The molecule has 1 unspecified atom stereocenters. The van der Waals surface area contributed by atoms with E-state index in [2.05, 4.69) is 40.6 Å². The van der Waals surface area contributed by atoms with Crippen molar-refractivity contribution in [1.82, 2.24) is 9.88 Å². The molecule has 1 atom stereocenters. The van der Waals surface area contributed by atoms with Crippen LogP contribution in [-0.2, 0) is 0 Å². The third-order valence-corrected chi connectivity index (χ3v) is 3.87. The predicted molar refractivity (Wildman–Crippen MR) is 70.1 cm³/mol. The van der Waals surface area contributed by atoms with Gasteiger partial charge in [-0.05, 0) is 50.9 Å². The van der Waals surface area contributed by atoms with E-state index in [1.165, 1.54) is 44.2 Å². The second-order valence-corrected chi connectivity index (χ2v) is 5.39. The number of aromatic nitrogens is 1. The van der Waals surface area contributed by atoms with Gasteiger partial charge in [-0.15, -0.1) is 0 Å². The van der Waals surface area contributed by atoms with E-state index in [1.807, 2.05) is 0 Å². The third-order valence-electron chi connectivity index (χ3n) is 3.87. The summed E-state index contributed by atoms with van der Waals surface area (Å²) in [5.41, 5.74) is 1.37. The zero-order chi connectivity index (χ0) is 11.7. The molecule has 0 bridgehead atoms. The van der Waals surface area contributed by atoms with Crippen molar-refractivity contribution >= 4 is 5.82 Å². The van der Waals surface area contributed by atoms with Gasteiger partial charge in [-0.3, -0.25) is 4.90 Å². The van der Waals surface area contributed by atoms with Crippen molar-refractivity contribution in [2.75, 3.05) is 18.9 Å². The van der Waals surface area contributed by atoms with Crippen molar-refractivity contribution in [2.24, 2.45) is 0 Å². The number of hydrogen-bond acceptors (Lipinski definition) is 3. The Balaban J connectivity index is 1.69. The van der Waals surface area contributed by atoms with Gasteiger partial charge in [-0.1, -0.05) is 12.5 Å². The fourth-order valence-corrected chi connectivity index (χ4v) is 2.62. The Morgan fingerprint density at radius 1 is 1.24 bits per heavy atom. The van der Waals surface area contributed by atoms with Gasteiger partial charge >= 0.3 is 0 Å². The molecule has 2 heterocycles. The molecule has 1 aromatic rings. The van der Waals surface area contributed by atoms with Crippen LogP contribution in [0.4, 0.5) is 5.82 Å². The van der Waals surface area contributed by atoms with Crippen LogP contribution in [0.15, 0.2) is 18.3 Å². The highest BCUT2D eigenvalue weighted by Crippen LogP contribution is 2.30. The minimum atomic E-state index is 0.575. The lowest BCUT2D eigenvalue weighted by atomic mass is 9.97. The molecule has 1 aliphatic heterocycles. The van der Waals surface area contributed by atoms with Gasteiger partial charge in [0.2, 0.25) is 0 Å². The SMILES string of the molecule is CN1CCCCC1c1ccc(NC2CC2)nc1. The molecule has 0 radical (unpaired) electrons. The van der Waals surface area contributed by atoms with Gasteiger partial charge in [0.1, 0.15) is 5.82 Å². The van der Waals surface area contributed by atoms with Crippen LogP contribution in [0.25, 0.3) is 0 Å². The highest BCUT2D eigenvalue weighted by Gasteiger charge is 2.22. The summed E-state index contributed by atoms with van der Waals surface area (Å²) in [6.45, 7) is 1.22. The molecule has 3 rings (SSSR count). The Bertz CT molecular complexity index is 370. The molecule has 17 heavy (non-hydrogen) atoms. The molecule has 1 saturated carbocycles. The first kappa shape index (κ1) is 11.0. The molecule has 3 heteroatoms. The molecule has 0 amide bonds. The Morgan fingerprint density at radius 2 is 2.12 bits per heavy atom. The van der Waals surface area contributed by atoms with Gasteiger partial charge in [0.25, 0.3) is 0 Å². The zero-order valence-electron chi connectivity index (χ0n) is 10.5. The van der Waals surface area contributed by atoms with Crippen LogP contribution in [0.1, 0.15) is 43.7 Å². The Hall–Kier alpha value is -1.09. The molecular formula is C14H21N3. The minimum Gasteiger partial charge on any atom is -0.367 e. The van der Waals surface area contributed by atoms with E-state index in [1.54, 1.807) is 0 Å². The first-order valence-corrected chi connectivity index (χ1v) is 6.75. The van der Waals surface area contributed by atoms with Crippen molar-refractivity contribution < 1.29 is 0 Å². The maximum absolute atomic E-state index is 4.53. The summed E-state index contributed by atoms with van der Waals surface area (Å²) in [5, 5.41) is 3.43. The molecule has 0 aromatic carbocycles. The number of nitrogens with one attached hydrogen (secondary N) is 1. The minimum absolute atomic E-state index is 0.575. The maximum atomic E-state index is 4.53. The second-order valence-electron chi connectivity index (χ2n) is 5.39. The molecule has 1 saturated heterocycles. The summed E-state index contributed by atoms with van der Waals surface area (Å²) in [7, 11) is 2.22. The first-order chi connectivity index (χ1) is 8.33. The summed E-state index contributed by atoms with van der Waals surface area (Å²) >= 11 is 0. The van der Waals surface area contributed by atoms with Crippen LogP contribution in [0.2, 0.25) is 0 Å². The lowest BCUT2D eigenvalue weighted by molar-refractivity contribution is 0.187. The van der Waals surface area contributed by atoms with E-state index in [0.717, 1.165) is 5.82 Å². The summed E-state index contributed by atoms with van der Waals surface area (Å²) in [5.74, 6) is 1.04. The van der Waals surface area contributed by atoms with Crippen molar-refractivity contribution in [3.8, 4) is 0 Å². The highest BCUT2D eigenvalue weighted by atomic mass is 15.1. The van der Waals surface area contributed by atoms with Crippen molar-refractivity contribution in [3.05, 3.63) is 23.9 Å². The second kappa shape index (κ2) is 4.65. The van der Waals surface area contributed by atoms with Crippen molar-refractivity contribution in [1.29, 1.82) is 0 Å². The van der Waals surface area contributed by atoms with Crippen molar-refractivity contribution in [2.45, 2.75) is 44.2 Å². The van der Waals surface area contributed by atoms with Crippen LogP contribution in [0, 0.1) is 0 Å². The maximum Gasteiger partial charge on any atom is 0.126 e. The van der Waals surface area contributed by atoms with Crippen LogP contribution in [0.3, 0.4) is 0 Å². The molecule has 1 aromatic heterocycles. The van der Waals surface area contributed by atoms with Gasteiger partial charge in [0.15, 0.2) is 0 Å². The lowest BCUT2D eigenvalue weighted by Gasteiger charge is -2.32. The fraction of sp³-hybridized carbons (Fsp3) is 0.643. The summed E-state index contributed by atoms with van der Waals surface area (Å²) in [6, 6.07) is 5.64. The van der Waals surface area contributed by atoms with Gasteiger partial charge in [0, 0.05) is 18.3 Å². The van der Waals surface area contributed by atoms with Crippen LogP contribution < -0.4 is 5.32 Å². The van der Waals surface area contributed by atoms with E-state index < -0.39 is 0 Å². The largest absolute Gasteiger partial charge is 0.367 e. The molecule has 1 aliphatic carbocycles. The normalized spacial score (nSPS) is 25.8. The predicted octanol–water partition coefficient (Wildman–Crippen LogP) is 2.81.